The quantitative estimate of drug-likeness (QED) is 0.483. The van der Waals surface area contributed by atoms with Crippen molar-refractivity contribution >= 4 is 11.5 Å². The molecule has 0 aromatic heterocycles. The largest absolute Gasteiger partial charge is 0.294 e. The summed E-state index contributed by atoms with van der Waals surface area (Å²) in [4.78, 5) is 22.5. The molecule has 0 saturated carbocycles. The van der Waals surface area contributed by atoms with Crippen molar-refractivity contribution in [2.75, 3.05) is 0 Å². The van der Waals surface area contributed by atoms with Gasteiger partial charge in [-0.2, -0.15) is 0 Å². The van der Waals surface area contributed by atoms with Crippen LogP contribution in [0.3, 0.4) is 0 Å². The third kappa shape index (κ3) is 3.09. The van der Waals surface area contributed by atoms with Gasteiger partial charge in [-0.15, -0.1) is 0 Å². The van der Waals surface area contributed by atoms with E-state index in [1.165, 1.54) is 18.2 Å². The Morgan fingerprint density at radius 2 is 1.90 bits per heavy atom. The summed E-state index contributed by atoms with van der Waals surface area (Å²) >= 11 is 0. The number of nitrogens with zero attached hydrogens (tertiary/aromatic N) is 1. The van der Waals surface area contributed by atoms with E-state index >= 15 is 0 Å². The Hall–Kier alpha value is -2.49. The topological polar surface area (TPSA) is 60.2 Å². The number of Topliss-reactive ketones (excluding diaryl/α,β-unsaturated/α-hetero) is 1. The van der Waals surface area contributed by atoms with E-state index in [0.29, 0.717) is 5.56 Å². The highest BCUT2D eigenvalue weighted by atomic mass is 16.6. The predicted molar refractivity (Wildman–Crippen MR) is 77.0 cm³/mol. The molecule has 0 spiro atoms. The van der Waals surface area contributed by atoms with E-state index in [1.807, 2.05) is 32.0 Å². The molecule has 0 bridgehead atoms. The van der Waals surface area contributed by atoms with E-state index in [0.717, 1.165) is 16.7 Å². The SMILES string of the molecule is Cc1ccc(C)c(CC(=O)c2cccc([N+](=O)[O-])c2)c1. The zero-order valence-electron chi connectivity index (χ0n) is 11.4. The molecule has 0 N–H and O–H groups in total. The second kappa shape index (κ2) is 5.65. The summed E-state index contributed by atoms with van der Waals surface area (Å²) in [6.07, 6.45) is 0.259. The zero-order chi connectivity index (χ0) is 14.7. The van der Waals surface area contributed by atoms with E-state index in [4.69, 9.17) is 0 Å². The van der Waals surface area contributed by atoms with Crippen LogP contribution in [-0.2, 0) is 6.42 Å². The van der Waals surface area contributed by atoms with Crippen LogP contribution in [0.25, 0.3) is 0 Å². The van der Waals surface area contributed by atoms with Crippen LogP contribution in [0.1, 0.15) is 27.0 Å². The van der Waals surface area contributed by atoms with Gasteiger partial charge in [-0.05, 0) is 25.0 Å². The maximum Gasteiger partial charge on any atom is 0.270 e. The molecule has 2 rings (SSSR count). The van der Waals surface area contributed by atoms with E-state index in [-0.39, 0.29) is 17.9 Å². The Morgan fingerprint density at radius 3 is 2.60 bits per heavy atom. The fourth-order valence-corrected chi connectivity index (χ4v) is 2.06. The normalized spacial score (nSPS) is 10.3. The van der Waals surface area contributed by atoms with Crippen molar-refractivity contribution in [3.05, 3.63) is 74.8 Å². The van der Waals surface area contributed by atoms with Gasteiger partial charge in [0, 0.05) is 24.1 Å². The van der Waals surface area contributed by atoms with E-state index in [1.54, 1.807) is 6.07 Å². The second-order valence-corrected chi connectivity index (χ2v) is 4.84. The van der Waals surface area contributed by atoms with Gasteiger partial charge in [0.25, 0.3) is 5.69 Å². The summed E-state index contributed by atoms with van der Waals surface area (Å²) in [5.41, 5.74) is 3.42. The fraction of sp³-hybridized carbons (Fsp3) is 0.188. The average Bonchev–Trinajstić information content (AvgIpc) is 2.43. The van der Waals surface area contributed by atoms with Gasteiger partial charge >= 0.3 is 0 Å². The highest BCUT2D eigenvalue weighted by molar-refractivity contribution is 5.98. The lowest BCUT2D eigenvalue weighted by Gasteiger charge is -2.06. The lowest BCUT2D eigenvalue weighted by molar-refractivity contribution is -0.384. The van der Waals surface area contributed by atoms with Crippen LogP contribution in [0.4, 0.5) is 5.69 Å². The molecular formula is C16H15NO3. The lowest BCUT2D eigenvalue weighted by atomic mass is 9.97. The van der Waals surface area contributed by atoms with Crippen LogP contribution in [-0.4, -0.2) is 10.7 Å². The monoisotopic (exact) mass is 269 g/mol. The molecule has 0 aliphatic rings. The summed E-state index contributed by atoms with van der Waals surface area (Å²) < 4.78 is 0. The van der Waals surface area contributed by atoms with Crippen molar-refractivity contribution in [3.63, 3.8) is 0 Å². The summed E-state index contributed by atoms with van der Waals surface area (Å²) in [7, 11) is 0. The van der Waals surface area contributed by atoms with E-state index in [2.05, 4.69) is 0 Å². The molecule has 0 fully saturated rings. The van der Waals surface area contributed by atoms with Crippen LogP contribution < -0.4 is 0 Å². The molecule has 0 unspecified atom stereocenters. The molecule has 0 radical (unpaired) electrons. The predicted octanol–water partition coefficient (Wildman–Crippen LogP) is 3.64. The van der Waals surface area contributed by atoms with Gasteiger partial charge in [-0.25, -0.2) is 0 Å². The molecular weight excluding hydrogens is 254 g/mol. The maximum atomic E-state index is 12.2. The Kier molecular flexibility index (Phi) is 3.94. The van der Waals surface area contributed by atoms with Crippen LogP contribution in [0.15, 0.2) is 42.5 Å². The van der Waals surface area contributed by atoms with Gasteiger partial charge in [0.2, 0.25) is 0 Å². The van der Waals surface area contributed by atoms with Gasteiger partial charge in [-0.1, -0.05) is 35.9 Å². The van der Waals surface area contributed by atoms with Crippen LogP contribution in [0.5, 0.6) is 0 Å². The Balaban J connectivity index is 2.26. The van der Waals surface area contributed by atoms with Crippen LogP contribution >= 0.6 is 0 Å². The minimum absolute atomic E-state index is 0.0585. The van der Waals surface area contributed by atoms with Crippen molar-refractivity contribution in [1.29, 1.82) is 0 Å². The number of non-ortho nitro benzene ring substituents is 1. The summed E-state index contributed by atoms with van der Waals surface area (Å²) in [5, 5.41) is 10.7. The first kappa shape index (κ1) is 13.9. The minimum Gasteiger partial charge on any atom is -0.294 e. The van der Waals surface area contributed by atoms with Crippen molar-refractivity contribution in [2.45, 2.75) is 20.3 Å². The first-order chi connectivity index (χ1) is 9.47. The molecule has 0 aliphatic carbocycles. The number of hydrogen-bond acceptors (Lipinski definition) is 3. The maximum absolute atomic E-state index is 12.2. The van der Waals surface area contributed by atoms with Gasteiger partial charge in [-0.3, -0.25) is 14.9 Å². The Morgan fingerprint density at radius 1 is 1.15 bits per heavy atom. The highest BCUT2D eigenvalue weighted by Gasteiger charge is 2.13. The van der Waals surface area contributed by atoms with E-state index < -0.39 is 4.92 Å². The molecule has 0 heterocycles. The number of rotatable bonds is 4. The number of carbonyl (C=O) groups excluding carboxylic acids is 1. The van der Waals surface area contributed by atoms with Crippen LogP contribution in [0, 0.1) is 24.0 Å². The number of nitro groups is 1. The second-order valence-electron chi connectivity index (χ2n) is 4.84. The minimum atomic E-state index is -0.491. The molecule has 20 heavy (non-hydrogen) atoms. The van der Waals surface area contributed by atoms with Gasteiger partial charge in [0.15, 0.2) is 5.78 Å². The first-order valence-corrected chi connectivity index (χ1v) is 6.31. The van der Waals surface area contributed by atoms with Crippen molar-refractivity contribution in [3.8, 4) is 0 Å². The van der Waals surface area contributed by atoms with Gasteiger partial charge < -0.3 is 0 Å². The van der Waals surface area contributed by atoms with Gasteiger partial charge in [0.1, 0.15) is 0 Å². The molecule has 102 valence electrons. The standard InChI is InChI=1S/C16H15NO3/c1-11-6-7-12(2)14(8-11)10-16(18)13-4-3-5-15(9-13)17(19)20/h3-9H,10H2,1-2H3. The zero-order valence-corrected chi connectivity index (χ0v) is 11.4. The summed E-state index contributed by atoms with van der Waals surface area (Å²) in [6.45, 7) is 3.93. The molecule has 4 nitrogen and oxygen atoms in total. The van der Waals surface area contributed by atoms with Crippen molar-refractivity contribution in [1.82, 2.24) is 0 Å². The Labute approximate surface area is 117 Å². The number of nitro benzene ring substituents is 1. The summed E-state index contributed by atoms with van der Waals surface area (Å²) in [5.74, 6) is -0.109. The third-order valence-electron chi connectivity index (χ3n) is 3.23. The summed E-state index contributed by atoms with van der Waals surface area (Å²) in [6, 6.07) is 11.8. The van der Waals surface area contributed by atoms with Crippen LogP contribution in [0.2, 0.25) is 0 Å². The first-order valence-electron chi connectivity index (χ1n) is 6.31. The van der Waals surface area contributed by atoms with Crippen molar-refractivity contribution < 1.29 is 9.72 Å². The molecule has 4 heteroatoms. The van der Waals surface area contributed by atoms with E-state index in [9.17, 15) is 14.9 Å². The molecule has 0 saturated heterocycles. The number of benzene rings is 2. The molecule has 2 aromatic rings. The Bertz CT molecular complexity index is 677. The smallest absolute Gasteiger partial charge is 0.270 e. The average molecular weight is 269 g/mol. The fourth-order valence-electron chi connectivity index (χ4n) is 2.06. The lowest BCUT2D eigenvalue weighted by Crippen LogP contribution is -2.05. The molecule has 0 atom stereocenters. The number of ketones is 1. The molecule has 0 aliphatic heterocycles. The molecule has 2 aromatic carbocycles. The van der Waals surface area contributed by atoms with Crippen molar-refractivity contribution in [2.24, 2.45) is 0 Å². The third-order valence-corrected chi connectivity index (χ3v) is 3.23. The number of aryl methyl sites for hydroxylation is 2. The number of carbonyl (C=O) groups is 1. The highest BCUT2D eigenvalue weighted by Crippen LogP contribution is 2.17. The molecule has 0 amide bonds. The number of hydrogen-bond donors (Lipinski definition) is 0. The van der Waals surface area contributed by atoms with Gasteiger partial charge in [0.05, 0.1) is 4.92 Å².